The van der Waals surface area contributed by atoms with Crippen molar-refractivity contribution in [2.24, 2.45) is 17.8 Å². The molecule has 2 unspecified atom stereocenters. The van der Waals surface area contributed by atoms with E-state index in [1.165, 1.54) is 0 Å². The Morgan fingerprint density at radius 2 is 1.12 bits per heavy atom. The number of piperidine rings is 3. The van der Waals surface area contributed by atoms with Crippen LogP contribution >= 0.6 is 86.9 Å². The number of hydrogen-bond acceptors (Lipinski definition) is 8. The summed E-state index contributed by atoms with van der Waals surface area (Å²) >= 11 is 27.2. The lowest BCUT2D eigenvalue weighted by atomic mass is 9.72. The predicted molar refractivity (Wildman–Crippen MR) is 273 cm³/mol. The number of fused-ring (bicyclic) bond motifs is 4. The van der Waals surface area contributed by atoms with Crippen molar-refractivity contribution in [1.29, 1.82) is 0 Å². The quantitative estimate of drug-likeness (QED) is 0.184. The van der Waals surface area contributed by atoms with Gasteiger partial charge in [0.05, 0.1) is 11.4 Å². The Bertz CT molecular complexity index is 2470. The number of aromatic nitrogens is 2. The summed E-state index contributed by atoms with van der Waals surface area (Å²) in [7, 11) is 0. The maximum Gasteiger partial charge on any atom is 0.410 e. The number of ether oxygens (including phenoxy) is 1. The first kappa shape index (κ1) is 50.3. The number of pyridine rings is 2. The van der Waals surface area contributed by atoms with E-state index in [9.17, 15) is 19.8 Å². The van der Waals surface area contributed by atoms with Crippen LogP contribution in [0.2, 0.25) is 10.0 Å². The van der Waals surface area contributed by atoms with Crippen molar-refractivity contribution in [2.75, 3.05) is 39.3 Å². The summed E-state index contributed by atoms with van der Waals surface area (Å²) < 4.78 is 8.99. The molecular weight excluding hydrogens is 1140 g/mol. The second-order valence-corrected chi connectivity index (χ2v) is 23.9. The number of likely N-dealkylation sites (tertiary alicyclic amines) is 2. The second kappa shape index (κ2) is 20.7. The van der Waals surface area contributed by atoms with Crippen molar-refractivity contribution < 1.29 is 24.5 Å². The first-order valence-corrected chi connectivity index (χ1v) is 27.0. The van der Waals surface area contributed by atoms with Crippen LogP contribution in [0.1, 0.15) is 110 Å². The van der Waals surface area contributed by atoms with Gasteiger partial charge in [-0.25, -0.2) is 4.79 Å². The Hall–Kier alpha value is -2.14. The van der Waals surface area contributed by atoms with E-state index in [1.807, 2.05) is 49.9 Å². The molecule has 354 valence electrons. The summed E-state index contributed by atoms with van der Waals surface area (Å²) in [4.78, 5) is 38.9. The molecule has 5 heterocycles. The van der Waals surface area contributed by atoms with E-state index in [1.54, 1.807) is 17.3 Å². The number of hydrogen-bond donors (Lipinski definition) is 3. The standard InChI is InChI=1S/C31H38Br2ClN3O4.C19H19Br2ClN2O/c1-30(2,3)41-29(39)37-10-6-19(7-11-37)14-26(38)36-12-8-22(9-13-36)31(40)27-20(16-24(34)17-25(27)33)4-5-21-15-23(32)18-35-28(21)31;20-14-7-12-2-1-11-8-15(22)9-16(21)17(11)19(25,18(12)24-10-14)13-3-5-23-6-4-13/h15-19,22,40H,4-14H2,1-3H3;7-10,13,23,25H,1-6H2. The van der Waals surface area contributed by atoms with Crippen LogP contribution in [0, 0.1) is 17.8 Å². The van der Waals surface area contributed by atoms with Gasteiger partial charge in [-0.05, 0) is 194 Å². The number of amides is 2. The zero-order valence-corrected chi connectivity index (χ0v) is 45.4. The third-order valence-electron chi connectivity index (χ3n) is 14.0. The number of benzene rings is 2. The summed E-state index contributed by atoms with van der Waals surface area (Å²) in [6.07, 6.45) is 11.7. The molecule has 10 nitrogen and oxygen atoms in total. The molecule has 0 spiro atoms. The van der Waals surface area contributed by atoms with Gasteiger partial charge in [0, 0.05) is 95.9 Å². The Morgan fingerprint density at radius 3 is 1.59 bits per heavy atom. The normalized spacial score (nSPS) is 22.7. The van der Waals surface area contributed by atoms with E-state index < -0.39 is 16.8 Å². The Balaban J connectivity index is 0.000000201. The van der Waals surface area contributed by atoms with Gasteiger partial charge in [-0.3, -0.25) is 14.8 Å². The molecule has 0 bridgehead atoms. The van der Waals surface area contributed by atoms with Gasteiger partial charge in [-0.15, -0.1) is 0 Å². The molecule has 3 fully saturated rings. The van der Waals surface area contributed by atoms with Crippen molar-refractivity contribution in [3.8, 4) is 0 Å². The van der Waals surface area contributed by atoms with Crippen LogP contribution < -0.4 is 5.32 Å². The lowest BCUT2D eigenvalue weighted by Gasteiger charge is -2.43. The van der Waals surface area contributed by atoms with E-state index in [0.717, 1.165) is 121 Å². The second-order valence-electron chi connectivity index (χ2n) is 19.5. The van der Waals surface area contributed by atoms with Gasteiger partial charge < -0.3 is 30.1 Å². The summed E-state index contributed by atoms with van der Waals surface area (Å²) in [5.41, 5.74) is 4.63. The molecule has 3 saturated heterocycles. The molecule has 4 aromatic rings. The summed E-state index contributed by atoms with van der Waals surface area (Å²) in [5, 5.41) is 29.6. The fraction of sp³-hybridized carbons (Fsp3) is 0.520. The molecule has 2 aromatic carbocycles. The van der Waals surface area contributed by atoms with Crippen LogP contribution in [0.25, 0.3) is 0 Å². The Labute approximate surface area is 431 Å². The molecule has 3 aliphatic heterocycles. The van der Waals surface area contributed by atoms with Crippen LogP contribution in [0.15, 0.2) is 66.7 Å². The molecular formula is C50H57Br4Cl2N5O5. The molecule has 0 radical (unpaired) electrons. The van der Waals surface area contributed by atoms with Crippen LogP contribution in [0.3, 0.4) is 0 Å². The van der Waals surface area contributed by atoms with Gasteiger partial charge >= 0.3 is 6.09 Å². The number of nitrogens with one attached hydrogen (secondary N) is 1. The number of carbonyl (C=O) groups is 2. The fourth-order valence-electron chi connectivity index (χ4n) is 10.9. The van der Waals surface area contributed by atoms with E-state index in [-0.39, 0.29) is 29.8 Å². The van der Waals surface area contributed by atoms with Crippen LogP contribution in [0.5, 0.6) is 0 Å². The van der Waals surface area contributed by atoms with E-state index in [4.69, 9.17) is 37.9 Å². The monoisotopic (exact) mass is 1190 g/mol. The van der Waals surface area contributed by atoms with E-state index >= 15 is 0 Å². The first-order valence-electron chi connectivity index (χ1n) is 23.0. The van der Waals surface area contributed by atoms with Gasteiger partial charge in [0.15, 0.2) is 0 Å². The average molecular weight is 1200 g/mol. The van der Waals surface area contributed by atoms with Crippen LogP contribution in [-0.4, -0.2) is 86.9 Å². The maximum absolute atomic E-state index is 13.3. The lowest BCUT2D eigenvalue weighted by Crippen LogP contribution is -2.47. The number of halogens is 6. The highest BCUT2D eigenvalue weighted by Crippen LogP contribution is 2.51. The minimum Gasteiger partial charge on any atom is -0.444 e. The molecule has 2 aromatic heterocycles. The highest BCUT2D eigenvalue weighted by atomic mass is 79.9. The van der Waals surface area contributed by atoms with Crippen molar-refractivity contribution in [3.63, 3.8) is 0 Å². The van der Waals surface area contributed by atoms with Crippen LogP contribution in [-0.2, 0) is 46.4 Å². The molecule has 16 heteroatoms. The molecule has 2 atom stereocenters. The summed E-state index contributed by atoms with van der Waals surface area (Å²) in [6, 6.07) is 11.8. The molecule has 2 amide bonds. The first-order chi connectivity index (χ1) is 31.3. The van der Waals surface area contributed by atoms with Crippen molar-refractivity contribution >= 4 is 98.9 Å². The van der Waals surface area contributed by atoms with Crippen molar-refractivity contribution in [3.05, 3.63) is 121 Å². The third-order valence-corrected chi connectivity index (χ3v) is 16.6. The largest absolute Gasteiger partial charge is 0.444 e. The highest BCUT2D eigenvalue weighted by Gasteiger charge is 2.49. The summed E-state index contributed by atoms with van der Waals surface area (Å²) in [5.74, 6) is 0.427. The molecule has 66 heavy (non-hydrogen) atoms. The van der Waals surface area contributed by atoms with Gasteiger partial charge in [-0.1, -0.05) is 55.1 Å². The zero-order chi connectivity index (χ0) is 47.1. The van der Waals surface area contributed by atoms with Gasteiger partial charge in [0.2, 0.25) is 5.91 Å². The molecule has 0 saturated carbocycles. The molecule has 5 aliphatic rings. The number of aliphatic hydroxyl groups is 2. The van der Waals surface area contributed by atoms with E-state index in [0.29, 0.717) is 61.2 Å². The molecule has 9 rings (SSSR count). The predicted octanol–water partition coefficient (Wildman–Crippen LogP) is 11.5. The third kappa shape index (κ3) is 10.6. The van der Waals surface area contributed by atoms with Crippen molar-refractivity contribution in [2.45, 2.75) is 108 Å². The highest BCUT2D eigenvalue weighted by molar-refractivity contribution is 9.11. The van der Waals surface area contributed by atoms with Gasteiger partial charge in [0.25, 0.3) is 0 Å². The maximum atomic E-state index is 13.3. The van der Waals surface area contributed by atoms with Crippen LogP contribution in [0.4, 0.5) is 4.79 Å². The van der Waals surface area contributed by atoms with Gasteiger partial charge in [-0.2, -0.15) is 0 Å². The number of carbonyl (C=O) groups excluding carboxylic acids is 2. The SMILES string of the molecule is CC(C)(C)OC(=O)N1CCC(CC(=O)N2CCC(C3(O)c4ncc(Br)cc4CCc4cc(Cl)cc(Br)c43)CC2)CC1.OC1(C2CCNCC2)c2ncc(Br)cc2CCc2cc(Cl)cc(Br)c21. The van der Waals surface area contributed by atoms with Crippen molar-refractivity contribution in [1.82, 2.24) is 25.1 Å². The minimum absolute atomic E-state index is 0.106. The lowest BCUT2D eigenvalue weighted by molar-refractivity contribution is -0.135. The Morgan fingerprint density at radius 1 is 0.682 bits per heavy atom. The molecule has 2 aliphatic carbocycles. The Kier molecular flexibility index (Phi) is 15.7. The number of nitrogens with zero attached hydrogens (tertiary/aromatic N) is 4. The zero-order valence-electron chi connectivity index (χ0n) is 37.5. The average Bonchev–Trinajstić information content (AvgIpc) is 3.47. The smallest absolute Gasteiger partial charge is 0.410 e. The van der Waals surface area contributed by atoms with E-state index in [2.05, 4.69) is 81.2 Å². The summed E-state index contributed by atoms with van der Waals surface area (Å²) in [6.45, 7) is 9.86. The minimum atomic E-state index is -1.30. The number of rotatable bonds is 4. The fourth-order valence-corrected chi connectivity index (χ4v) is 14.0. The molecule has 3 N–H and O–H groups in total. The van der Waals surface area contributed by atoms with Gasteiger partial charge in [0.1, 0.15) is 16.8 Å². The topological polar surface area (TPSA) is 128 Å². The number of aryl methyl sites for hydroxylation is 4.